The van der Waals surface area contributed by atoms with Crippen molar-refractivity contribution in [2.24, 2.45) is 0 Å². The molecule has 0 radical (unpaired) electrons. The quantitative estimate of drug-likeness (QED) is 0.482. The van der Waals surface area contributed by atoms with Crippen LogP contribution in [-0.4, -0.2) is 18.0 Å². The molecule has 1 aliphatic heterocycles. The first kappa shape index (κ1) is 19.9. The Bertz CT molecular complexity index is 904. The molecule has 1 nitrogen and oxygen atoms in total. The Hall–Kier alpha value is -1.80. The predicted octanol–water partition coefficient (Wildman–Crippen LogP) is 7.65. The Labute approximate surface area is 169 Å². The lowest BCUT2D eigenvalue weighted by molar-refractivity contribution is 0.284. The van der Waals surface area contributed by atoms with Crippen molar-refractivity contribution in [2.45, 2.75) is 60.3 Å². The molecule has 1 fully saturated rings. The van der Waals surface area contributed by atoms with Gasteiger partial charge in [0.15, 0.2) is 0 Å². The maximum atomic E-state index is 4.43. The van der Waals surface area contributed by atoms with Crippen LogP contribution in [0, 0.1) is 13.8 Å². The van der Waals surface area contributed by atoms with E-state index in [1.165, 1.54) is 75.3 Å². The van der Waals surface area contributed by atoms with Crippen LogP contribution < -0.4 is 0 Å². The van der Waals surface area contributed by atoms with Crippen LogP contribution in [0.3, 0.4) is 0 Å². The van der Waals surface area contributed by atoms with E-state index in [0.717, 1.165) is 12.0 Å². The number of hydrogen-bond acceptors (Lipinski definition) is 2. The lowest BCUT2D eigenvalue weighted by Gasteiger charge is -2.31. The maximum absolute atomic E-state index is 4.43. The summed E-state index contributed by atoms with van der Waals surface area (Å²) in [5, 5.41) is 1.40. The molecule has 2 aromatic rings. The van der Waals surface area contributed by atoms with Crippen LogP contribution in [0.2, 0.25) is 0 Å². The van der Waals surface area contributed by atoms with E-state index in [1.807, 2.05) is 11.3 Å². The Morgan fingerprint density at radius 3 is 2.52 bits per heavy atom. The second kappa shape index (κ2) is 8.48. The van der Waals surface area contributed by atoms with Crippen molar-refractivity contribution >= 4 is 27.0 Å². The number of nitrogens with zero attached hydrogens (tertiary/aromatic N) is 1. The fourth-order valence-corrected chi connectivity index (χ4v) is 5.26. The van der Waals surface area contributed by atoms with Crippen molar-refractivity contribution in [3.8, 4) is 0 Å². The third-order valence-electron chi connectivity index (χ3n) is 5.97. The molecule has 0 spiro atoms. The third-order valence-corrected chi connectivity index (χ3v) is 7.32. The molecule has 0 saturated carbocycles. The van der Waals surface area contributed by atoms with Gasteiger partial charge in [-0.15, -0.1) is 11.3 Å². The van der Waals surface area contributed by atoms with Crippen molar-refractivity contribution < 1.29 is 0 Å². The van der Waals surface area contributed by atoms with Crippen LogP contribution >= 0.6 is 11.3 Å². The van der Waals surface area contributed by atoms with Gasteiger partial charge in [0.2, 0.25) is 0 Å². The number of rotatable bonds is 5. The fraction of sp³-hybridized carbons (Fsp3) is 0.440. The number of benzene rings is 1. The Balaban J connectivity index is 1.94. The van der Waals surface area contributed by atoms with Gasteiger partial charge in [0.25, 0.3) is 0 Å². The molecule has 2 heterocycles. The fourth-order valence-electron chi connectivity index (χ4n) is 3.99. The molecule has 0 bridgehead atoms. The summed E-state index contributed by atoms with van der Waals surface area (Å²) < 4.78 is 1.38. The average molecular weight is 380 g/mol. The number of piperidine rings is 1. The van der Waals surface area contributed by atoms with Gasteiger partial charge in [0.1, 0.15) is 0 Å². The van der Waals surface area contributed by atoms with E-state index in [2.05, 4.69) is 70.4 Å². The van der Waals surface area contributed by atoms with Gasteiger partial charge in [-0.1, -0.05) is 37.3 Å². The van der Waals surface area contributed by atoms with Crippen LogP contribution in [0.4, 0.5) is 0 Å². The summed E-state index contributed by atoms with van der Waals surface area (Å²) in [6.45, 7) is 18.0. The first-order valence-corrected chi connectivity index (χ1v) is 11.1. The highest BCUT2D eigenvalue weighted by molar-refractivity contribution is 7.20. The summed E-state index contributed by atoms with van der Waals surface area (Å²) in [5.74, 6) is 0. The maximum Gasteiger partial charge on any atom is 0.0352 e. The van der Waals surface area contributed by atoms with Crippen molar-refractivity contribution in [1.29, 1.82) is 0 Å². The zero-order valence-corrected chi connectivity index (χ0v) is 18.4. The summed E-state index contributed by atoms with van der Waals surface area (Å²) in [6, 6.07) is 6.79. The predicted molar refractivity (Wildman–Crippen MR) is 123 cm³/mol. The van der Waals surface area contributed by atoms with E-state index in [9.17, 15) is 0 Å². The van der Waals surface area contributed by atoms with Crippen LogP contribution in [0.25, 0.3) is 15.7 Å². The monoisotopic (exact) mass is 379 g/mol. The molecule has 1 aliphatic rings. The van der Waals surface area contributed by atoms with Gasteiger partial charge in [-0.2, -0.15) is 0 Å². The summed E-state index contributed by atoms with van der Waals surface area (Å²) in [7, 11) is 0. The minimum Gasteiger partial charge on any atom is -0.375 e. The SMILES string of the molecule is C=C(/C=C(\CC)c1sc2ccc(C)cc2c1C)/C(C)=C(\C)N1CCCCC1. The van der Waals surface area contributed by atoms with Crippen molar-refractivity contribution in [3.05, 3.63) is 63.7 Å². The zero-order valence-electron chi connectivity index (χ0n) is 17.6. The van der Waals surface area contributed by atoms with E-state index < -0.39 is 0 Å². The third kappa shape index (κ3) is 4.21. The highest BCUT2D eigenvalue weighted by Gasteiger charge is 2.15. The lowest BCUT2D eigenvalue weighted by atomic mass is 9.99. The molecular formula is C25H33NS. The topological polar surface area (TPSA) is 3.24 Å². The molecular weight excluding hydrogens is 346 g/mol. The van der Waals surface area contributed by atoms with Gasteiger partial charge in [-0.25, -0.2) is 0 Å². The number of allylic oxidation sites excluding steroid dienone is 5. The van der Waals surface area contributed by atoms with Gasteiger partial charge >= 0.3 is 0 Å². The van der Waals surface area contributed by atoms with Crippen LogP contribution in [0.5, 0.6) is 0 Å². The van der Waals surface area contributed by atoms with Crippen molar-refractivity contribution in [1.82, 2.24) is 4.90 Å². The first-order chi connectivity index (χ1) is 12.9. The number of hydrogen-bond donors (Lipinski definition) is 0. The van der Waals surface area contributed by atoms with Crippen molar-refractivity contribution in [2.75, 3.05) is 13.1 Å². The molecule has 0 unspecified atom stereocenters. The highest BCUT2D eigenvalue weighted by atomic mass is 32.1. The molecule has 1 saturated heterocycles. The summed E-state index contributed by atoms with van der Waals surface area (Å²) in [4.78, 5) is 3.96. The number of thiophene rings is 1. The normalized spacial score (nSPS) is 16.6. The van der Waals surface area contributed by atoms with E-state index in [1.54, 1.807) is 0 Å². The van der Waals surface area contributed by atoms with Gasteiger partial charge in [-0.3, -0.25) is 0 Å². The van der Waals surface area contributed by atoms with E-state index in [4.69, 9.17) is 0 Å². The average Bonchev–Trinajstić information content (AvgIpc) is 3.01. The molecule has 2 heteroatoms. The second-order valence-electron chi connectivity index (χ2n) is 7.86. The van der Waals surface area contributed by atoms with Gasteiger partial charge < -0.3 is 4.90 Å². The molecule has 3 rings (SSSR count). The molecule has 0 atom stereocenters. The summed E-state index contributed by atoms with van der Waals surface area (Å²) >= 11 is 1.92. The molecule has 1 aromatic heterocycles. The number of fused-ring (bicyclic) bond motifs is 1. The molecule has 144 valence electrons. The summed E-state index contributed by atoms with van der Waals surface area (Å²) in [5.41, 5.74) is 8.03. The minimum atomic E-state index is 1.03. The van der Waals surface area contributed by atoms with Gasteiger partial charge in [-0.05, 0) is 87.1 Å². The van der Waals surface area contributed by atoms with Gasteiger partial charge in [0, 0.05) is 28.4 Å². The molecule has 0 amide bonds. The smallest absolute Gasteiger partial charge is 0.0352 e. The second-order valence-corrected chi connectivity index (χ2v) is 8.91. The minimum absolute atomic E-state index is 1.03. The zero-order chi connectivity index (χ0) is 19.6. The number of aryl methyl sites for hydroxylation is 2. The van der Waals surface area contributed by atoms with E-state index in [-0.39, 0.29) is 0 Å². The molecule has 27 heavy (non-hydrogen) atoms. The molecule has 1 aromatic carbocycles. The standard InChI is InChI=1S/C25H33NS/c1-7-22(25-20(5)23-15-17(2)11-12-24(23)27-25)16-18(3)19(4)21(6)26-13-9-8-10-14-26/h11-12,15-16H,3,7-10,13-14H2,1-2,4-6H3/b21-19+,22-16+. The van der Waals surface area contributed by atoms with Crippen molar-refractivity contribution in [3.63, 3.8) is 0 Å². The highest BCUT2D eigenvalue weighted by Crippen LogP contribution is 2.38. The Morgan fingerprint density at radius 1 is 1.15 bits per heavy atom. The van der Waals surface area contributed by atoms with Crippen LogP contribution in [0.15, 0.2) is 47.7 Å². The van der Waals surface area contributed by atoms with E-state index in [0.29, 0.717) is 0 Å². The van der Waals surface area contributed by atoms with Crippen LogP contribution in [0.1, 0.15) is 62.5 Å². The Morgan fingerprint density at radius 2 is 1.85 bits per heavy atom. The largest absolute Gasteiger partial charge is 0.375 e. The molecule has 0 N–H and O–H groups in total. The lowest BCUT2D eigenvalue weighted by Crippen LogP contribution is -2.28. The molecule has 0 aliphatic carbocycles. The van der Waals surface area contributed by atoms with Crippen LogP contribution in [-0.2, 0) is 0 Å². The Kier molecular flexibility index (Phi) is 6.26. The van der Waals surface area contributed by atoms with Gasteiger partial charge in [0.05, 0.1) is 0 Å². The first-order valence-electron chi connectivity index (χ1n) is 10.2. The number of likely N-dealkylation sites (tertiary alicyclic amines) is 1. The van der Waals surface area contributed by atoms with E-state index >= 15 is 0 Å². The summed E-state index contributed by atoms with van der Waals surface area (Å²) in [6.07, 6.45) is 7.35.